The molecular weight excluding hydrogens is 388 g/mol. The number of hydrogen-bond acceptors (Lipinski definition) is 1. The van der Waals surface area contributed by atoms with Crippen LogP contribution in [-0.4, -0.2) is 6.61 Å². The first-order valence-electron chi connectivity index (χ1n) is 12.8. The van der Waals surface area contributed by atoms with Crippen molar-refractivity contribution < 1.29 is 4.74 Å². The van der Waals surface area contributed by atoms with Crippen LogP contribution in [0.5, 0.6) is 5.75 Å². The molecule has 1 aliphatic carbocycles. The van der Waals surface area contributed by atoms with Crippen molar-refractivity contribution in [2.24, 2.45) is 5.92 Å². The normalized spacial score (nSPS) is 18.3. The lowest BCUT2D eigenvalue weighted by Gasteiger charge is -2.27. The van der Waals surface area contributed by atoms with Crippen LogP contribution < -0.4 is 4.74 Å². The van der Waals surface area contributed by atoms with Gasteiger partial charge in [0.05, 0.1) is 6.61 Å². The maximum Gasteiger partial charge on any atom is 0.119 e. The van der Waals surface area contributed by atoms with Gasteiger partial charge in [-0.15, -0.1) is 0 Å². The fourth-order valence-electron chi connectivity index (χ4n) is 4.46. The third kappa shape index (κ3) is 8.23. The van der Waals surface area contributed by atoms with Crippen molar-refractivity contribution >= 4 is 0 Å². The zero-order valence-corrected chi connectivity index (χ0v) is 20.1. The van der Waals surface area contributed by atoms with Gasteiger partial charge in [0.2, 0.25) is 0 Å². The number of unbranched alkanes of at least 4 members (excludes halogenated alkanes) is 3. The van der Waals surface area contributed by atoms with Gasteiger partial charge in [-0.1, -0.05) is 75.3 Å². The Kier molecular flexibility index (Phi) is 10.5. The molecule has 1 aliphatic rings. The first-order chi connectivity index (χ1) is 15.8. The van der Waals surface area contributed by atoms with E-state index in [0.717, 1.165) is 24.3 Å². The molecule has 0 spiro atoms. The zero-order valence-electron chi connectivity index (χ0n) is 20.1. The molecule has 0 saturated heterocycles. The summed E-state index contributed by atoms with van der Waals surface area (Å²) < 4.78 is 5.80. The Hall–Kier alpha value is -2.46. The number of hydrogen-bond donors (Lipinski definition) is 0. The molecule has 32 heavy (non-hydrogen) atoms. The summed E-state index contributed by atoms with van der Waals surface area (Å²) in [4.78, 5) is 0. The van der Waals surface area contributed by atoms with Gasteiger partial charge >= 0.3 is 0 Å². The second-order valence-electron chi connectivity index (χ2n) is 9.17. The fourth-order valence-corrected chi connectivity index (χ4v) is 4.46. The molecule has 1 heteroatoms. The predicted octanol–water partition coefficient (Wildman–Crippen LogP) is 8.48. The second kappa shape index (κ2) is 13.8. The van der Waals surface area contributed by atoms with Crippen molar-refractivity contribution in [3.63, 3.8) is 0 Å². The highest BCUT2D eigenvalue weighted by atomic mass is 16.5. The molecule has 170 valence electrons. The van der Waals surface area contributed by atoms with E-state index in [0.29, 0.717) is 11.8 Å². The van der Waals surface area contributed by atoms with Crippen LogP contribution >= 0.6 is 0 Å². The van der Waals surface area contributed by atoms with Gasteiger partial charge in [-0.05, 0) is 98.2 Å². The van der Waals surface area contributed by atoms with Crippen molar-refractivity contribution in [2.75, 3.05) is 6.61 Å². The van der Waals surface area contributed by atoms with Crippen LogP contribution in [0.1, 0.15) is 94.2 Å². The van der Waals surface area contributed by atoms with Crippen LogP contribution in [-0.2, 0) is 6.42 Å². The SMILES string of the molecule is CCCCCc1ccc(C#C/C=C/C2CCC(c3ccc(OCCCC)cc3)CC2)cc1. The van der Waals surface area contributed by atoms with Gasteiger partial charge < -0.3 is 4.74 Å². The quantitative estimate of drug-likeness (QED) is 0.272. The summed E-state index contributed by atoms with van der Waals surface area (Å²) in [7, 11) is 0. The molecule has 0 amide bonds. The Bertz CT molecular complexity index is 855. The Morgan fingerprint density at radius 2 is 1.56 bits per heavy atom. The summed E-state index contributed by atoms with van der Waals surface area (Å²) in [5.41, 5.74) is 4.00. The Morgan fingerprint density at radius 1 is 0.844 bits per heavy atom. The van der Waals surface area contributed by atoms with Gasteiger partial charge in [0.25, 0.3) is 0 Å². The molecule has 0 unspecified atom stereocenters. The van der Waals surface area contributed by atoms with E-state index >= 15 is 0 Å². The molecule has 0 aromatic heterocycles. The minimum atomic E-state index is 0.665. The Balaban J connectivity index is 1.40. The third-order valence-electron chi connectivity index (χ3n) is 6.58. The number of allylic oxidation sites excluding steroid dienone is 2. The molecular formula is C31H40O. The maximum absolute atomic E-state index is 5.80. The number of rotatable bonds is 10. The first kappa shape index (κ1) is 24.2. The van der Waals surface area contributed by atoms with E-state index in [1.165, 1.54) is 68.9 Å². The molecule has 0 radical (unpaired) electrons. The highest BCUT2D eigenvalue weighted by Crippen LogP contribution is 2.36. The summed E-state index contributed by atoms with van der Waals surface area (Å²) in [6.07, 6.45) is 16.8. The van der Waals surface area contributed by atoms with E-state index in [1.54, 1.807) is 0 Å². The van der Waals surface area contributed by atoms with Crippen LogP contribution in [0.2, 0.25) is 0 Å². The Labute approximate surface area is 196 Å². The van der Waals surface area contributed by atoms with Crippen molar-refractivity contribution in [3.05, 3.63) is 77.4 Å². The molecule has 0 heterocycles. The lowest BCUT2D eigenvalue weighted by molar-refractivity contribution is 0.309. The fraction of sp³-hybridized carbons (Fsp3) is 0.484. The molecule has 0 N–H and O–H groups in total. The third-order valence-corrected chi connectivity index (χ3v) is 6.58. The first-order valence-corrected chi connectivity index (χ1v) is 12.8. The van der Waals surface area contributed by atoms with Gasteiger partial charge in [0.15, 0.2) is 0 Å². The summed E-state index contributed by atoms with van der Waals surface area (Å²) >= 11 is 0. The maximum atomic E-state index is 5.80. The van der Waals surface area contributed by atoms with Crippen LogP contribution in [0.4, 0.5) is 0 Å². The van der Waals surface area contributed by atoms with Crippen molar-refractivity contribution in [2.45, 2.75) is 84.0 Å². The lowest BCUT2D eigenvalue weighted by Crippen LogP contribution is -2.11. The van der Waals surface area contributed by atoms with E-state index in [9.17, 15) is 0 Å². The van der Waals surface area contributed by atoms with Crippen molar-refractivity contribution in [3.8, 4) is 17.6 Å². The average Bonchev–Trinajstić information content (AvgIpc) is 2.84. The molecule has 0 atom stereocenters. The van der Waals surface area contributed by atoms with Gasteiger partial charge in [-0.25, -0.2) is 0 Å². The predicted molar refractivity (Wildman–Crippen MR) is 137 cm³/mol. The molecule has 2 aromatic carbocycles. The Morgan fingerprint density at radius 3 is 2.25 bits per heavy atom. The smallest absolute Gasteiger partial charge is 0.119 e. The second-order valence-corrected chi connectivity index (χ2v) is 9.17. The van der Waals surface area contributed by atoms with Crippen LogP contribution in [0.15, 0.2) is 60.7 Å². The van der Waals surface area contributed by atoms with E-state index < -0.39 is 0 Å². The van der Waals surface area contributed by atoms with Gasteiger partial charge in [-0.2, -0.15) is 0 Å². The van der Waals surface area contributed by atoms with Crippen molar-refractivity contribution in [1.29, 1.82) is 0 Å². The van der Waals surface area contributed by atoms with Crippen LogP contribution in [0, 0.1) is 17.8 Å². The highest BCUT2D eigenvalue weighted by molar-refractivity contribution is 5.38. The van der Waals surface area contributed by atoms with E-state index in [1.807, 2.05) is 0 Å². The van der Waals surface area contributed by atoms with Crippen molar-refractivity contribution in [1.82, 2.24) is 0 Å². The van der Waals surface area contributed by atoms with Crippen LogP contribution in [0.3, 0.4) is 0 Å². The molecule has 0 bridgehead atoms. The lowest BCUT2D eigenvalue weighted by atomic mass is 9.78. The average molecular weight is 429 g/mol. The minimum absolute atomic E-state index is 0.665. The topological polar surface area (TPSA) is 9.23 Å². The van der Waals surface area contributed by atoms with E-state index in [2.05, 4.69) is 86.4 Å². The molecule has 1 fully saturated rings. The molecule has 2 aromatic rings. The minimum Gasteiger partial charge on any atom is -0.494 e. The molecule has 1 nitrogen and oxygen atoms in total. The van der Waals surface area contributed by atoms with Crippen LogP contribution in [0.25, 0.3) is 0 Å². The van der Waals surface area contributed by atoms with Gasteiger partial charge in [0.1, 0.15) is 5.75 Å². The van der Waals surface area contributed by atoms with Gasteiger partial charge in [-0.3, -0.25) is 0 Å². The van der Waals surface area contributed by atoms with E-state index in [-0.39, 0.29) is 0 Å². The largest absolute Gasteiger partial charge is 0.494 e. The number of benzene rings is 2. The van der Waals surface area contributed by atoms with Gasteiger partial charge in [0, 0.05) is 5.56 Å². The summed E-state index contributed by atoms with van der Waals surface area (Å²) in [5, 5.41) is 0. The summed E-state index contributed by atoms with van der Waals surface area (Å²) in [5.74, 6) is 8.89. The molecule has 1 saturated carbocycles. The number of ether oxygens (including phenoxy) is 1. The standard InChI is InChI=1S/C31H40O/c1-3-5-7-10-26-13-15-27(16-14-26)11-8-9-12-28-17-19-29(20-18-28)30-21-23-31(24-22-30)32-25-6-4-2/h9,12-16,21-24,28-29H,3-7,10,17-20,25H2,1-2H3/b12-9+. The summed E-state index contributed by atoms with van der Waals surface area (Å²) in [6, 6.07) is 17.6. The van der Waals surface area contributed by atoms with E-state index in [4.69, 9.17) is 4.74 Å². The molecule has 0 aliphatic heterocycles. The molecule has 3 rings (SSSR count). The highest BCUT2D eigenvalue weighted by Gasteiger charge is 2.20. The number of aryl methyl sites for hydroxylation is 1. The summed E-state index contributed by atoms with van der Waals surface area (Å²) in [6.45, 7) is 5.26. The monoisotopic (exact) mass is 428 g/mol. The zero-order chi connectivity index (χ0) is 22.4.